The van der Waals surface area contributed by atoms with Crippen molar-refractivity contribution < 1.29 is 9.47 Å². The molecule has 0 radical (unpaired) electrons. The Morgan fingerprint density at radius 2 is 2.28 bits per heavy atom. The van der Waals surface area contributed by atoms with E-state index >= 15 is 0 Å². The van der Waals surface area contributed by atoms with Gasteiger partial charge in [-0.2, -0.15) is 0 Å². The predicted molar refractivity (Wildman–Crippen MR) is 66.4 cm³/mol. The maximum Gasteiger partial charge on any atom is 0.232 e. The quantitative estimate of drug-likeness (QED) is 0.823. The minimum absolute atomic E-state index is 0.222. The number of rotatable bonds is 6. The highest BCUT2D eigenvalue weighted by atomic mass is 16.5. The summed E-state index contributed by atoms with van der Waals surface area (Å²) in [6, 6.07) is 0.684. The summed E-state index contributed by atoms with van der Waals surface area (Å²) in [4.78, 5) is 8.59. The Morgan fingerprint density at radius 3 is 3.06 bits per heavy atom. The minimum atomic E-state index is 0.222. The third-order valence-corrected chi connectivity index (χ3v) is 3.25. The second kappa shape index (κ2) is 5.63. The fourth-order valence-electron chi connectivity index (χ4n) is 2.03. The molecule has 1 aliphatic heterocycles. The molecule has 0 amide bonds. The molecule has 1 atom stereocenters. The number of hydrogen-bond acceptors (Lipinski definition) is 5. The summed E-state index contributed by atoms with van der Waals surface area (Å²) < 4.78 is 11.1. The van der Waals surface area contributed by atoms with Gasteiger partial charge in [0.05, 0.1) is 18.0 Å². The lowest BCUT2D eigenvalue weighted by Crippen LogP contribution is -2.18. The van der Waals surface area contributed by atoms with Gasteiger partial charge in [0, 0.05) is 25.4 Å². The van der Waals surface area contributed by atoms with Crippen molar-refractivity contribution in [2.75, 3.05) is 13.2 Å². The van der Waals surface area contributed by atoms with Crippen LogP contribution in [0.5, 0.6) is 5.88 Å². The number of nitrogens with zero attached hydrogens (tertiary/aromatic N) is 2. The van der Waals surface area contributed by atoms with Gasteiger partial charge in [0.25, 0.3) is 0 Å². The Morgan fingerprint density at radius 1 is 1.33 bits per heavy atom. The lowest BCUT2D eigenvalue weighted by molar-refractivity contribution is 0.0661. The van der Waals surface area contributed by atoms with Crippen LogP contribution in [0, 0.1) is 0 Å². The molecule has 0 aromatic carbocycles. The molecule has 1 saturated heterocycles. The van der Waals surface area contributed by atoms with E-state index in [0.717, 1.165) is 31.7 Å². The van der Waals surface area contributed by atoms with Gasteiger partial charge in [0.1, 0.15) is 6.61 Å². The van der Waals surface area contributed by atoms with Crippen molar-refractivity contribution in [1.82, 2.24) is 15.3 Å². The van der Waals surface area contributed by atoms with Crippen molar-refractivity contribution in [1.29, 1.82) is 0 Å². The zero-order valence-electron chi connectivity index (χ0n) is 10.5. The fraction of sp³-hybridized carbons (Fsp3) is 0.692. The zero-order valence-corrected chi connectivity index (χ0v) is 10.5. The van der Waals surface area contributed by atoms with Gasteiger partial charge >= 0.3 is 0 Å². The van der Waals surface area contributed by atoms with Gasteiger partial charge in [-0.25, -0.2) is 4.98 Å². The minimum Gasteiger partial charge on any atom is -0.474 e. The second-order valence-corrected chi connectivity index (χ2v) is 4.95. The van der Waals surface area contributed by atoms with E-state index in [-0.39, 0.29) is 6.10 Å². The van der Waals surface area contributed by atoms with E-state index in [0.29, 0.717) is 18.5 Å². The van der Waals surface area contributed by atoms with E-state index in [1.807, 2.05) is 0 Å². The summed E-state index contributed by atoms with van der Waals surface area (Å²) in [5.74, 6) is 0.598. The van der Waals surface area contributed by atoms with Gasteiger partial charge in [-0.15, -0.1) is 0 Å². The van der Waals surface area contributed by atoms with Gasteiger partial charge in [0.2, 0.25) is 5.88 Å². The van der Waals surface area contributed by atoms with Crippen LogP contribution in [0.25, 0.3) is 0 Å². The highest BCUT2D eigenvalue weighted by molar-refractivity contribution is 5.08. The van der Waals surface area contributed by atoms with Crippen LogP contribution in [0.2, 0.25) is 0 Å². The summed E-state index contributed by atoms with van der Waals surface area (Å²) in [5.41, 5.74) is 0.937. The molecular weight excluding hydrogens is 230 g/mol. The van der Waals surface area contributed by atoms with Crippen LogP contribution < -0.4 is 10.1 Å². The van der Waals surface area contributed by atoms with Crippen LogP contribution >= 0.6 is 0 Å². The van der Waals surface area contributed by atoms with Crippen molar-refractivity contribution in [3.8, 4) is 5.88 Å². The zero-order chi connectivity index (χ0) is 12.2. The molecular formula is C13H19N3O2. The normalized spacial score (nSPS) is 23.2. The molecule has 1 aromatic heterocycles. The Bertz CT molecular complexity index is 390. The molecule has 0 spiro atoms. The second-order valence-electron chi connectivity index (χ2n) is 4.95. The first-order valence-corrected chi connectivity index (χ1v) is 6.69. The molecule has 1 aliphatic carbocycles. The molecule has 98 valence electrons. The van der Waals surface area contributed by atoms with Crippen LogP contribution in [-0.4, -0.2) is 35.3 Å². The lowest BCUT2D eigenvalue weighted by atomic mass is 10.2. The van der Waals surface area contributed by atoms with Crippen LogP contribution in [0.4, 0.5) is 0 Å². The van der Waals surface area contributed by atoms with Gasteiger partial charge in [-0.3, -0.25) is 4.98 Å². The maximum atomic E-state index is 5.63. The van der Waals surface area contributed by atoms with Crippen LogP contribution in [0.3, 0.4) is 0 Å². The Balaban J connectivity index is 1.49. The molecule has 2 heterocycles. The SMILES string of the molecule is c1ncc(OCC2CCCO2)nc1CNC1CC1. The molecule has 2 fully saturated rings. The van der Waals surface area contributed by atoms with Gasteiger partial charge in [-0.1, -0.05) is 0 Å². The number of hydrogen-bond donors (Lipinski definition) is 1. The molecule has 1 unspecified atom stereocenters. The summed E-state index contributed by atoms with van der Waals surface area (Å²) in [6.07, 6.45) is 8.44. The van der Waals surface area contributed by atoms with Gasteiger partial charge in [-0.05, 0) is 25.7 Å². The Kier molecular flexibility index (Phi) is 3.71. The van der Waals surface area contributed by atoms with Crippen molar-refractivity contribution in [3.63, 3.8) is 0 Å². The van der Waals surface area contributed by atoms with E-state index in [1.165, 1.54) is 12.8 Å². The van der Waals surface area contributed by atoms with Gasteiger partial charge in [0.15, 0.2) is 0 Å². The van der Waals surface area contributed by atoms with Crippen molar-refractivity contribution in [2.45, 2.75) is 44.4 Å². The highest BCUT2D eigenvalue weighted by Crippen LogP contribution is 2.19. The summed E-state index contributed by atoms with van der Waals surface area (Å²) in [6.45, 7) is 2.20. The number of ether oxygens (including phenoxy) is 2. The molecule has 5 heteroatoms. The summed E-state index contributed by atoms with van der Waals surface area (Å²) >= 11 is 0. The Hall–Kier alpha value is -1.20. The lowest BCUT2D eigenvalue weighted by Gasteiger charge is -2.11. The van der Waals surface area contributed by atoms with Crippen LogP contribution in [0.15, 0.2) is 12.4 Å². The molecule has 1 N–H and O–H groups in total. The standard InChI is InChI=1S/C13H19N3O2/c1-2-12(17-5-1)9-18-13-8-14-6-11(16-13)7-15-10-3-4-10/h6,8,10,12,15H,1-5,7,9H2. The topological polar surface area (TPSA) is 56.3 Å². The number of nitrogens with one attached hydrogen (secondary N) is 1. The van der Waals surface area contributed by atoms with Crippen molar-refractivity contribution in [3.05, 3.63) is 18.1 Å². The van der Waals surface area contributed by atoms with Crippen molar-refractivity contribution >= 4 is 0 Å². The van der Waals surface area contributed by atoms with Crippen LogP contribution in [-0.2, 0) is 11.3 Å². The predicted octanol–water partition coefficient (Wildman–Crippen LogP) is 1.29. The van der Waals surface area contributed by atoms with E-state index in [4.69, 9.17) is 9.47 Å². The van der Waals surface area contributed by atoms with Crippen LogP contribution in [0.1, 0.15) is 31.4 Å². The largest absolute Gasteiger partial charge is 0.474 e. The molecule has 5 nitrogen and oxygen atoms in total. The van der Waals surface area contributed by atoms with Gasteiger partial charge < -0.3 is 14.8 Å². The summed E-state index contributed by atoms with van der Waals surface area (Å²) in [5, 5.41) is 3.41. The first-order valence-electron chi connectivity index (χ1n) is 6.69. The maximum absolute atomic E-state index is 5.63. The number of aromatic nitrogens is 2. The third kappa shape index (κ3) is 3.40. The average Bonchev–Trinajstić information content (AvgIpc) is 3.09. The van der Waals surface area contributed by atoms with Crippen molar-refractivity contribution in [2.24, 2.45) is 0 Å². The monoisotopic (exact) mass is 249 g/mol. The fourth-order valence-corrected chi connectivity index (χ4v) is 2.03. The third-order valence-electron chi connectivity index (χ3n) is 3.25. The molecule has 0 bridgehead atoms. The first kappa shape index (κ1) is 11.9. The molecule has 3 rings (SSSR count). The molecule has 2 aliphatic rings. The molecule has 1 aromatic rings. The average molecular weight is 249 g/mol. The Labute approximate surface area is 107 Å². The van der Waals surface area contributed by atoms with E-state index in [9.17, 15) is 0 Å². The smallest absolute Gasteiger partial charge is 0.232 e. The molecule has 18 heavy (non-hydrogen) atoms. The molecule has 1 saturated carbocycles. The van der Waals surface area contributed by atoms with E-state index in [2.05, 4.69) is 15.3 Å². The first-order chi connectivity index (χ1) is 8.90. The van der Waals surface area contributed by atoms with E-state index < -0.39 is 0 Å². The summed E-state index contributed by atoms with van der Waals surface area (Å²) in [7, 11) is 0. The highest BCUT2D eigenvalue weighted by Gasteiger charge is 2.20. The van der Waals surface area contributed by atoms with E-state index in [1.54, 1.807) is 12.4 Å².